The van der Waals surface area contributed by atoms with Crippen LogP contribution in [0.15, 0.2) is 24.3 Å². The molecule has 0 bridgehead atoms. The van der Waals surface area contributed by atoms with Gasteiger partial charge in [-0.1, -0.05) is 12.1 Å². The fourth-order valence-corrected chi connectivity index (χ4v) is 2.61. The molecule has 0 saturated carbocycles. The summed E-state index contributed by atoms with van der Waals surface area (Å²) in [7, 11) is 0. The Hall–Kier alpha value is -2.44. The van der Waals surface area contributed by atoms with Gasteiger partial charge < -0.3 is 10.0 Å². The van der Waals surface area contributed by atoms with Crippen LogP contribution in [0.5, 0.6) is 0 Å². The highest BCUT2D eigenvalue weighted by Crippen LogP contribution is 2.19. The Balaban J connectivity index is 1.84. The third kappa shape index (κ3) is 4.03. The average molecular weight is 306 g/mol. The molecular formula is C15H18N2O5. The molecule has 1 N–H and O–H groups in total. The van der Waals surface area contributed by atoms with Crippen LogP contribution in [-0.4, -0.2) is 39.9 Å². The summed E-state index contributed by atoms with van der Waals surface area (Å²) in [6.45, 7) is 0.926. The second kappa shape index (κ2) is 7.02. The molecule has 0 aliphatic carbocycles. The normalized spacial score (nSPS) is 15.5. The third-order valence-corrected chi connectivity index (χ3v) is 3.95. The van der Waals surface area contributed by atoms with Crippen molar-refractivity contribution in [3.8, 4) is 0 Å². The molecular weight excluding hydrogens is 288 g/mol. The number of benzene rings is 1. The molecule has 7 nitrogen and oxygen atoms in total. The van der Waals surface area contributed by atoms with Crippen molar-refractivity contribution in [2.24, 2.45) is 5.92 Å². The molecule has 0 atom stereocenters. The summed E-state index contributed by atoms with van der Waals surface area (Å²) >= 11 is 0. The molecule has 0 unspecified atom stereocenters. The van der Waals surface area contributed by atoms with Gasteiger partial charge in [-0.15, -0.1) is 0 Å². The number of aliphatic carboxylic acids is 1. The number of nitro benzene ring substituents is 1. The van der Waals surface area contributed by atoms with E-state index in [2.05, 4.69) is 0 Å². The van der Waals surface area contributed by atoms with Crippen LogP contribution >= 0.6 is 0 Å². The Bertz CT molecular complexity index is 579. The van der Waals surface area contributed by atoms with E-state index in [-0.39, 0.29) is 23.9 Å². The number of likely N-dealkylation sites (tertiary alicyclic amines) is 1. The van der Waals surface area contributed by atoms with Crippen LogP contribution in [0, 0.1) is 16.0 Å². The van der Waals surface area contributed by atoms with Crippen molar-refractivity contribution in [3.05, 3.63) is 39.9 Å². The van der Waals surface area contributed by atoms with E-state index in [9.17, 15) is 19.7 Å². The smallest absolute Gasteiger partial charge is 0.306 e. The predicted octanol–water partition coefficient (Wildman–Crippen LogP) is 1.85. The second-order valence-electron chi connectivity index (χ2n) is 5.42. The Labute approximate surface area is 127 Å². The summed E-state index contributed by atoms with van der Waals surface area (Å²) in [5, 5.41) is 19.6. The molecule has 1 aliphatic heterocycles. The highest BCUT2D eigenvalue weighted by Gasteiger charge is 2.26. The summed E-state index contributed by atoms with van der Waals surface area (Å²) in [6.07, 6.45) is 1.69. The van der Waals surface area contributed by atoms with Crippen LogP contribution in [0.25, 0.3) is 0 Å². The lowest BCUT2D eigenvalue weighted by Gasteiger charge is -2.30. The summed E-state index contributed by atoms with van der Waals surface area (Å²) in [6, 6.07) is 6.26. The summed E-state index contributed by atoms with van der Waals surface area (Å²) < 4.78 is 0. The molecule has 118 valence electrons. The molecule has 7 heteroatoms. The minimum absolute atomic E-state index is 0.0206. The van der Waals surface area contributed by atoms with Crippen LogP contribution < -0.4 is 0 Å². The number of piperidine rings is 1. The molecule has 0 aromatic heterocycles. The maximum absolute atomic E-state index is 12.1. The van der Waals surface area contributed by atoms with E-state index in [0.29, 0.717) is 32.4 Å². The first-order chi connectivity index (χ1) is 10.5. The number of carbonyl (C=O) groups is 2. The van der Waals surface area contributed by atoms with E-state index in [4.69, 9.17) is 5.11 Å². The lowest BCUT2D eigenvalue weighted by molar-refractivity contribution is -0.384. The first-order valence-corrected chi connectivity index (χ1v) is 7.21. The lowest BCUT2D eigenvalue weighted by atomic mass is 9.96. The van der Waals surface area contributed by atoms with Gasteiger partial charge in [-0.25, -0.2) is 0 Å². The standard InChI is InChI=1S/C15H18N2O5/c18-14(16-8-6-12(7-9-16)15(19)20)5-4-11-2-1-3-13(10-11)17(21)22/h1-3,10,12H,4-9H2,(H,19,20). The van der Waals surface area contributed by atoms with Gasteiger partial charge in [0.1, 0.15) is 0 Å². The predicted molar refractivity (Wildman–Crippen MR) is 78.4 cm³/mol. The van der Waals surface area contributed by atoms with E-state index in [1.807, 2.05) is 0 Å². The van der Waals surface area contributed by atoms with E-state index in [0.717, 1.165) is 5.56 Å². The first kappa shape index (κ1) is 15.9. The van der Waals surface area contributed by atoms with E-state index in [1.165, 1.54) is 12.1 Å². The van der Waals surface area contributed by atoms with Crippen molar-refractivity contribution >= 4 is 17.6 Å². The number of hydrogen-bond donors (Lipinski definition) is 1. The van der Waals surface area contributed by atoms with Crippen LogP contribution in [0.3, 0.4) is 0 Å². The molecule has 1 amide bonds. The summed E-state index contributed by atoms with van der Waals surface area (Å²) in [4.78, 5) is 34.9. The number of non-ortho nitro benzene ring substituents is 1. The summed E-state index contributed by atoms with van der Waals surface area (Å²) in [5.41, 5.74) is 0.773. The van der Waals surface area contributed by atoms with Gasteiger partial charge in [0.15, 0.2) is 0 Å². The average Bonchev–Trinajstić information content (AvgIpc) is 2.53. The Morgan fingerprint density at radius 2 is 2.00 bits per heavy atom. The van der Waals surface area contributed by atoms with Crippen LogP contribution in [0.2, 0.25) is 0 Å². The zero-order valence-electron chi connectivity index (χ0n) is 12.1. The van der Waals surface area contributed by atoms with Gasteiger partial charge in [-0.3, -0.25) is 19.7 Å². The molecule has 0 spiro atoms. The molecule has 22 heavy (non-hydrogen) atoms. The van der Waals surface area contributed by atoms with Crippen LogP contribution in [0.4, 0.5) is 5.69 Å². The maximum Gasteiger partial charge on any atom is 0.306 e. The van der Waals surface area contributed by atoms with Crippen molar-refractivity contribution in [2.75, 3.05) is 13.1 Å². The van der Waals surface area contributed by atoms with Crippen LogP contribution in [0.1, 0.15) is 24.8 Å². The number of carboxylic acid groups (broad SMARTS) is 1. The van der Waals surface area contributed by atoms with Gasteiger partial charge in [-0.05, 0) is 24.8 Å². The number of rotatable bonds is 5. The number of nitrogens with zero attached hydrogens (tertiary/aromatic N) is 2. The number of hydrogen-bond acceptors (Lipinski definition) is 4. The fraction of sp³-hybridized carbons (Fsp3) is 0.467. The zero-order valence-corrected chi connectivity index (χ0v) is 12.1. The van der Waals surface area contributed by atoms with Crippen molar-refractivity contribution in [2.45, 2.75) is 25.7 Å². The van der Waals surface area contributed by atoms with Crippen molar-refractivity contribution in [3.63, 3.8) is 0 Å². The van der Waals surface area contributed by atoms with Gasteiger partial charge in [0.2, 0.25) is 5.91 Å². The Morgan fingerprint density at radius 1 is 1.32 bits per heavy atom. The van der Waals surface area contributed by atoms with E-state index in [1.54, 1.807) is 17.0 Å². The van der Waals surface area contributed by atoms with Gasteiger partial charge >= 0.3 is 5.97 Å². The number of aryl methyl sites for hydroxylation is 1. The van der Waals surface area contributed by atoms with Crippen molar-refractivity contribution in [1.82, 2.24) is 4.90 Å². The van der Waals surface area contributed by atoms with Gasteiger partial charge in [0, 0.05) is 31.6 Å². The van der Waals surface area contributed by atoms with Gasteiger partial charge in [0.05, 0.1) is 10.8 Å². The monoisotopic (exact) mass is 306 g/mol. The second-order valence-corrected chi connectivity index (χ2v) is 5.42. The van der Waals surface area contributed by atoms with Crippen LogP contribution in [-0.2, 0) is 16.0 Å². The lowest BCUT2D eigenvalue weighted by Crippen LogP contribution is -2.40. The number of carboxylic acids is 1. The molecule has 0 radical (unpaired) electrons. The van der Waals surface area contributed by atoms with Gasteiger partial charge in [-0.2, -0.15) is 0 Å². The molecule has 1 heterocycles. The van der Waals surface area contributed by atoms with Crippen molar-refractivity contribution in [1.29, 1.82) is 0 Å². The zero-order chi connectivity index (χ0) is 16.1. The van der Waals surface area contributed by atoms with E-state index >= 15 is 0 Å². The topological polar surface area (TPSA) is 101 Å². The number of carbonyl (C=O) groups excluding carboxylic acids is 1. The summed E-state index contributed by atoms with van der Waals surface area (Å²) in [5.74, 6) is -1.19. The van der Waals surface area contributed by atoms with Crippen molar-refractivity contribution < 1.29 is 19.6 Å². The molecule has 1 aromatic carbocycles. The fourth-order valence-electron chi connectivity index (χ4n) is 2.61. The highest BCUT2D eigenvalue weighted by atomic mass is 16.6. The largest absolute Gasteiger partial charge is 0.481 e. The SMILES string of the molecule is O=C(O)C1CCN(C(=O)CCc2cccc([N+](=O)[O-])c2)CC1. The molecule has 2 rings (SSSR count). The molecule has 1 aromatic rings. The quantitative estimate of drug-likeness (QED) is 0.661. The Morgan fingerprint density at radius 3 is 2.59 bits per heavy atom. The molecule has 1 fully saturated rings. The maximum atomic E-state index is 12.1. The molecule has 1 aliphatic rings. The number of amides is 1. The minimum Gasteiger partial charge on any atom is -0.481 e. The number of nitro groups is 1. The minimum atomic E-state index is -0.802. The highest BCUT2D eigenvalue weighted by molar-refractivity contribution is 5.77. The van der Waals surface area contributed by atoms with Gasteiger partial charge in [0.25, 0.3) is 5.69 Å². The van der Waals surface area contributed by atoms with E-state index < -0.39 is 10.9 Å². The first-order valence-electron chi connectivity index (χ1n) is 7.21. The third-order valence-electron chi connectivity index (χ3n) is 3.95. The Kier molecular flexibility index (Phi) is 5.08. The molecule has 1 saturated heterocycles.